The molecule has 6 heterocycles. The van der Waals surface area contributed by atoms with Gasteiger partial charge in [-0.25, -0.2) is 13.9 Å². The molecule has 2 aliphatic carbocycles. The normalized spacial score (nSPS) is 35.6. The van der Waals surface area contributed by atoms with Crippen molar-refractivity contribution >= 4 is 17.4 Å². The summed E-state index contributed by atoms with van der Waals surface area (Å²) in [5.74, 6) is 1.49. The van der Waals surface area contributed by atoms with Crippen LogP contribution in [-0.2, 0) is 6.42 Å². The number of piperidine rings is 1. The third kappa shape index (κ3) is 1.90. The lowest BCUT2D eigenvalue weighted by atomic mass is 9.94. The van der Waals surface area contributed by atoms with Gasteiger partial charge in [-0.05, 0) is 54.7 Å². The molecular weight excluding hydrogens is 383 g/mol. The molecule has 2 saturated carbocycles. The molecular formula is C22H21FN6O. The highest BCUT2D eigenvalue weighted by Gasteiger charge is 2.93. The molecule has 152 valence electrons. The molecule has 7 nitrogen and oxygen atoms in total. The summed E-state index contributed by atoms with van der Waals surface area (Å²) in [5, 5.41) is 7.35. The molecule has 3 aromatic rings. The number of rotatable bonds is 0. The van der Waals surface area contributed by atoms with Gasteiger partial charge in [0.1, 0.15) is 17.2 Å². The Kier molecular flexibility index (Phi) is 2.88. The fourth-order valence-electron chi connectivity index (χ4n) is 6.24. The lowest BCUT2D eigenvalue weighted by molar-refractivity contribution is 0.0940. The summed E-state index contributed by atoms with van der Waals surface area (Å²) in [7, 11) is 0. The fourth-order valence-corrected chi connectivity index (χ4v) is 6.24. The number of hydrogen-bond donors (Lipinski definition) is 1. The molecule has 3 aliphatic heterocycles. The monoisotopic (exact) mass is 404 g/mol. The smallest absolute Gasteiger partial charge is 0.256 e. The fraction of sp³-hybridized carbons (Fsp3) is 0.455. The van der Waals surface area contributed by atoms with Gasteiger partial charge < -0.3 is 10.2 Å². The lowest BCUT2D eigenvalue weighted by Gasteiger charge is -2.27. The Hall–Kier alpha value is -3.03. The first kappa shape index (κ1) is 16.7. The predicted molar refractivity (Wildman–Crippen MR) is 107 cm³/mol. The molecule has 6 atom stereocenters. The minimum absolute atomic E-state index is 0.0485. The van der Waals surface area contributed by atoms with Gasteiger partial charge in [0.05, 0.1) is 18.4 Å². The number of carbonyl (C=O) groups excluding carboxylic acids is 1. The Bertz CT molecular complexity index is 1260. The van der Waals surface area contributed by atoms with Crippen LogP contribution in [0.25, 0.3) is 5.65 Å². The minimum atomic E-state index is -0.301. The second kappa shape index (κ2) is 5.17. The Morgan fingerprint density at radius 1 is 1.30 bits per heavy atom. The van der Waals surface area contributed by atoms with E-state index in [4.69, 9.17) is 4.98 Å². The molecule has 0 aromatic carbocycles. The molecule has 0 radical (unpaired) electrons. The van der Waals surface area contributed by atoms with Crippen LogP contribution in [0.1, 0.15) is 47.9 Å². The maximum atomic E-state index is 14.3. The zero-order valence-corrected chi connectivity index (χ0v) is 16.7. The number of fused-ring (bicyclic) bond motifs is 2. The summed E-state index contributed by atoms with van der Waals surface area (Å²) in [6, 6.07) is 4.06. The molecule has 4 fully saturated rings. The van der Waals surface area contributed by atoms with E-state index in [1.54, 1.807) is 16.8 Å². The van der Waals surface area contributed by atoms with Gasteiger partial charge in [0.15, 0.2) is 5.65 Å². The first-order valence-electron chi connectivity index (χ1n) is 10.6. The average Bonchev–Trinajstić information content (AvgIpc) is 3.26. The summed E-state index contributed by atoms with van der Waals surface area (Å²) in [4.78, 5) is 24.6. The predicted octanol–water partition coefficient (Wildman–Crippen LogP) is 2.52. The van der Waals surface area contributed by atoms with Gasteiger partial charge in [0.25, 0.3) is 5.91 Å². The van der Waals surface area contributed by atoms with Crippen LogP contribution in [-0.4, -0.2) is 37.6 Å². The third-order valence-electron chi connectivity index (χ3n) is 7.87. The van der Waals surface area contributed by atoms with Crippen LogP contribution in [0.15, 0.2) is 30.7 Å². The van der Waals surface area contributed by atoms with E-state index >= 15 is 0 Å². The summed E-state index contributed by atoms with van der Waals surface area (Å²) in [6.07, 6.45) is 6.16. The van der Waals surface area contributed by atoms with Crippen molar-refractivity contribution < 1.29 is 9.18 Å². The quantitative estimate of drug-likeness (QED) is 0.623. The third-order valence-corrected chi connectivity index (χ3v) is 7.87. The van der Waals surface area contributed by atoms with E-state index in [9.17, 15) is 9.18 Å². The number of aryl methyl sites for hydroxylation is 1. The summed E-state index contributed by atoms with van der Waals surface area (Å²) < 4.78 is 15.9. The highest BCUT2D eigenvalue weighted by atomic mass is 19.1. The van der Waals surface area contributed by atoms with Crippen molar-refractivity contribution in [1.29, 1.82) is 0 Å². The molecule has 4 bridgehead atoms. The molecule has 3 aromatic heterocycles. The van der Waals surface area contributed by atoms with Gasteiger partial charge in [-0.2, -0.15) is 5.10 Å². The number of halogens is 1. The number of carbonyl (C=O) groups is 1. The van der Waals surface area contributed by atoms with Crippen molar-refractivity contribution in [2.75, 3.05) is 4.90 Å². The van der Waals surface area contributed by atoms with Crippen LogP contribution in [0.2, 0.25) is 0 Å². The number of hydrogen-bond acceptors (Lipinski definition) is 5. The van der Waals surface area contributed by atoms with E-state index in [-0.39, 0.29) is 29.2 Å². The van der Waals surface area contributed by atoms with Gasteiger partial charge in [-0.15, -0.1) is 0 Å². The maximum absolute atomic E-state index is 14.3. The highest BCUT2D eigenvalue weighted by molar-refractivity contribution is 6.00. The van der Waals surface area contributed by atoms with Crippen LogP contribution >= 0.6 is 0 Å². The Morgan fingerprint density at radius 3 is 2.97 bits per heavy atom. The van der Waals surface area contributed by atoms with E-state index in [0.29, 0.717) is 35.5 Å². The molecule has 8 heteroatoms. The molecule has 0 spiro atoms. The van der Waals surface area contributed by atoms with Crippen molar-refractivity contribution in [1.82, 2.24) is 24.9 Å². The molecule has 5 aliphatic rings. The summed E-state index contributed by atoms with van der Waals surface area (Å²) in [6.45, 7) is 4.31. The van der Waals surface area contributed by atoms with Crippen LogP contribution in [0.4, 0.5) is 10.2 Å². The van der Waals surface area contributed by atoms with Gasteiger partial charge in [-0.3, -0.25) is 9.78 Å². The lowest BCUT2D eigenvalue weighted by Crippen LogP contribution is -2.33. The van der Waals surface area contributed by atoms with E-state index in [1.807, 2.05) is 19.2 Å². The van der Waals surface area contributed by atoms with Crippen LogP contribution < -0.4 is 10.2 Å². The van der Waals surface area contributed by atoms with E-state index in [2.05, 4.69) is 27.2 Å². The average molecular weight is 404 g/mol. The van der Waals surface area contributed by atoms with Crippen molar-refractivity contribution in [3.8, 4) is 0 Å². The van der Waals surface area contributed by atoms with Crippen molar-refractivity contribution in [2.24, 2.45) is 17.3 Å². The maximum Gasteiger partial charge on any atom is 0.256 e. The largest absolute Gasteiger partial charge is 0.349 e. The number of anilines is 1. The van der Waals surface area contributed by atoms with Crippen molar-refractivity contribution in [3.05, 3.63) is 53.4 Å². The highest BCUT2D eigenvalue weighted by Crippen LogP contribution is 2.90. The van der Waals surface area contributed by atoms with Gasteiger partial charge in [0, 0.05) is 24.0 Å². The van der Waals surface area contributed by atoms with Crippen molar-refractivity contribution in [2.45, 2.75) is 44.8 Å². The number of aromatic nitrogens is 4. The van der Waals surface area contributed by atoms with Gasteiger partial charge in [0.2, 0.25) is 0 Å². The molecule has 1 amide bonds. The van der Waals surface area contributed by atoms with E-state index in [1.165, 1.54) is 6.20 Å². The summed E-state index contributed by atoms with van der Waals surface area (Å²) >= 11 is 0. The minimum Gasteiger partial charge on any atom is -0.349 e. The molecule has 30 heavy (non-hydrogen) atoms. The topological polar surface area (TPSA) is 75.4 Å². The van der Waals surface area contributed by atoms with E-state index in [0.717, 1.165) is 23.5 Å². The summed E-state index contributed by atoms with van der Waals surface area (Å²) in [5.41, 5.74) is 3.21. The second-order valence-corrected chi connectivity index (χ2v) is 9.43. The standard InChI is InChI=1S/C22H21FN6O/c1-10-3-4-14-12(7-11(23)8-24-14)18-16-17-19(22(16,17)2)29(18)15-5-6-28-20(27-15)13(9-25-28)21(30)26-10/h5-10,16-19H,3-4H2,1-2H3,(H,26,30)/t10-,16-,17+,18+,19?,22+/m1/s1. The Balaban J connectivity index is 1.45. The van der Waals surface area contributed by atoms with Gasteiger partial charge in [-0.1, -0.05) is 6.92 Å². The zero-order chi connectivity index (χ0) is 20.4. The molecule has 2 saturated heterocycles. The number of nitrogens with zero attached hydrogens (tertiary/aromatic N) is 5. The zero-order valence-electron chi connectivity index (χ0n) is 16.7. The SMILES string of the molecule is C[C@@H]1CCc2ncc(F)cc2[C@H]2[C@H]3[C@H]4C(N2c2ccn5ncc(c5n2)C(=O)N1)[C@@]34C. The van der Waals surface area contributed by atoms with Gasteiger partial charge >= 0.3 is 0 Å². The first-order valence-corrected chi connectivity index (χ1v) is 10.6. The van der Waals surface area contributed by atoms with Crippen LogP contribution in [0.3, 0.4) is 0 Å². The second-order valence-electron chi connectivity index (χ2n) is 9.43. The van der Waals surface area contributed by atoms with Crippen molar-refractivity contribution in [3.63, 3.8) is 0 Å². The first-order chi connectivity index (χ1) is 14.5. The number of nitrogens with one attached hydrogen (secondary N) is 1. The van der Waals surface area contributed by atoms with Crippen LogP contribution in [0.5, 0.6) is 0 Å². The van der Waals surface area contributed by atoms with E-state index < -0.39 is 0 Å². The Labute approximate surface area is 172 Å². The molecule has 1 N–H and O–H groups in total. The van der Waals surface area contributed by atoms with Crippen LogP contribution in [0, 0.1) is 23.1 Å². The molecule has 8 rings (SSSR count). The Morgan fingerprint density at radius 2 is 2.13 bits per heavy atom. The molecule has 1 unspecified atom stereocenters. The number of pyridine rings is 1. The number of amides is 1.